The topological polar surface area (TPSA) is 49.4 Å². The standard InChI is InChI=1S/C12H16N2O2S/c1-4-5-10-13-11-8-6-7-9-12(11)17(15,16)14(2)3/h1,6-9,13H,5,10H2,2-3H3. The summed E-state index contributed by atoms with van der Waals surface area (Å²) in [7, 11) is -0.411. The van der Waals surface area contributed by atoms with Crippen LogP contribution in [0.25, 0.3) is 0 Å². The van der Waals surface area contributed by atoms with E-state index < -0.39 is 10.0 Å². The molecule has 0 heterocycles. The molecule has 0 aliphatic rings. The molecule has 0 aliphatic heterocycles. The molecule has 0 bridgehead atoms. The van der Waals surface area contributed by atoms with Crippen LogP contribution in [0.1, 0.15) is 6.42 Å². The van der Waals surface area contributed by atoms with Gasteiger partial charge in [0.05, 0.1) is 5.69 Å². The van der Waals surface area contributed by atoms with Crippen LogP contribution >= 0.6 is 0 Å². The number of para-hydroxylation sites is 1. The maximum atomic E-state index is 12.0. The summed E-state index contributed by atoms with van der Waals surface area (Å²) in [5.41, 5.74) is 0.580. The predicted octanol–water partition coefficient (Wildman–Crippen LogP) is 1.37. The van der Waals surface area contributed by atoms with Gasteiger partial charge in [-0.05, 0) is 12.1 Å². The van der Waals surface area contributed by atoms with E-state index >= 15 is 0 Å². The number of terminal acetylenes is 1. The zero-order valence-electron chi connectivity index (χ0n) is 9.97. The number of nitrogens with zero attached hydrogens (tertiary/aromatic N) is 1. The van der Waals surface area contributed by atoms with Crippen LogP contribution in [0, 0.1) is 12.3 Å². The van der Waals surface area contributed by atoms with Gasteiger partial charge >= 0.3 is 0 Å². The summed E-state index contributed by atoms with van der Waals surface area (Å²) in [5.74, 6) is 2.50. The molecular weight excluding hydrogens is 236 g/mol. The first-order valence-electron chi connectivity index (χ1n) is 5.19. The molecule has 4 nitrogen and oxygen atoms in total. The zero-order chi connectivity index (χ0) is 12.9. The lowest BCUT2D eigenvalue weighted by atomic mass is 10.3. The molecule has 1 aromatic rings. The van der Waals surface area contributed by atoms with Crippen LogP contribution in [0.5, 0.6) is 0 Å². The highest BCUT2D eigenvalue weighted by Gasteiger charge is 2.20. The monoisotopic (exact) mass is 252 g/mol. The van der Waals surface area contributed by atoms with E-state index in [4.69, 9.17) is 6.42 Å². The Labute approximate surface area is 103 Å². The van der Waals surface area contributed by atoms with Gasteiger partial charge in [-0.25, -0.2) is 12.7 Å². The molecule has 5 heteroatoms. The third kappa shape index (κ3) is 3.22. The van der Waals surface area contributed by atoms with Crippen molar-refractivity contribution in [3.8, 4) is 12.3 Å². The smallest absolute Gasteiger partial charge is 0.244 e. The van der Waals surface area contributed by atoms with Gasteiger partial charge in [-0.1, -0.05) is 12.1 Å². The number of hydrogen-bond acceptors (Lipinski definition) is 3. The molecule has 0 amide bonds. The minimum absolute atomic E-state index is 0.266. The Balaban J connectivity index is 3.05. The first-order chi connectivity index (χ1) is 8.00. The Morgan fingerprint density at radius 2 is 2.00 bits per heavy atom. The van der Waals surface area contributed by atoms with E-state index in [0.717, 1.165) is 0 Å². The van der Waals surface area contributed by atoms with E-state index in [2.05, 4.69) is 11.2 Å². The molecule has 0 radical (unpaired) electrons. The van der Waals surface area contributed by atoms with E-state index in [1.807, 2.05) is 0 Å². The van der Waals surface area contributed by atoms with Crippen LogP contribution in [-0.4, -0.2) is 33.4 Å². The lowest BCUT2D eigenvalue weighted by Gasteiger charge is -2.15. The summed E-state index contributed by atoms with van der Waals surface area (Å²) in [6.45, 7) is 0.552. The highest BCUT2D eigenvalue weighted by Crippen LogP contribution is 2.22. The SMILES string of the molecule is C#CCCNc1ccccc1S(=O)(=O)N(C)C. The maximum absolute atomic E-state index is 12.0. The maximum Gasteiger partial charge on any atom is 0.244 e. The van der Waals surface area contributed by atoms with Crippen LogP contribution in [0.2, 0.25) is 0 Å². The van der Waals surface area contributed by atoms with Crippen molar-refractivity contribution >= 4 is 15.7 Å². The van der Waals surface area contributed by atoms with E-state index in [0.29, 0.717) is 18.7 Å². The Hall–Kier alpha value is -1.51. The molecule has 17 heavy (non-hydrogen) atoms. The molecule has 92 valence electrons. The first kappa shape index (κ1) is 13.6. The van der Waals surface area contributed by atoms with Gasteiger partial charge < -0.3 is 5.32 Å². The van der Waals surface area contributed by atoms with Gasteiger partial charge in [0.2, 0.25) is 10.0 Å². The van der Waals surface area contributed by atoms with Crippen molar-refractivity contribution in [3.05, 3.63) is 24.3 Å². The van der Waals surface area contributed by atoms with Crippen molar-refractivity contribution < 1.29 is 8.42 Å². The fourth-order valence-electron chi connectivity index (χ4n) is 1.30. The Morgan fingerprint density at radius 3 is 2.59 bits per heavy atom. The summed E-state index contributed by atoms with van der Waals surface area (Å²) >= 11 is 0. The van der Waals surface area contributed by atoms with Crippen LogP contribution in [-0.2, 0) is 10.0 Å². The third-order valence-corrected chi connectivity index (χ3v) is 4.10. The summed E-state index contributed by atoms with van der Waals surface area (Å²) < 4.78 is 25.3. The van der Waals surface area contributed by atoms with Gasteiger partial charge in [-0.3, -0.25) is 0 Å². The largest absolute Gasteiger partial charge is 0.383 e. The molecule has 0 aromatic heterocycles. The van der Waals surface area contributed by atoms with Crippen molar-refractivity contribution in [1.29, 1.82) is 0 Å². The van der Waals surface area contributed by atoms with Gasteiger partial charge in [0.15, 0.2) is 0 Å². The van der Waals surface area contributed by atoms with Crippen LogP contribution < -0.4 is 5.32 Å². The molecule has 1 rings (SSSR count). The molecule has 0 saturated carbocycles. The van der Waals surface area contributed by atoms with E-state index in [1.165, 1.54) is 18.4 Å². The van der Waals surface area contributed by atoms with Crippen molar-refractivity contribution in [3.63, 3.8) is 0 Å². The van der Waals surface area contributed by atoms with Crippen molar-refractivity contribution in [2.75, 3.05) is 26.0 Å². The molecule has 0 atom stereocenters. The molecule has 0 saturated heterocycles. The van der Waals surface area contributed by atoms with E-state index in [9.17, 15) is 8.42 Å². The van der Waals surface area contributed by atoms with Crippen molar-refractivity contribution in [1.82, 2.24) is 4.31 Å². The zero-order valence-corrected chi connectivity index (χ0v) is 10.8. The van der Waals surface area contributed by atoms with Crippen molar-refractivity contribution in [2.45, 2.75) is 11.3 Å². The van der Waals surface area contributed by atoms with E-state index in [-0.39, 0.29) is 4.90 Å². The number of nitrogens with one attached hydrogen (secondary N) is 1. The second-order valence-electron chi connectivity index (χ2n) is 3.66. The lowest BCUT2D eigenvalue weighted by Crippen LogP contribution is -2.23. The highest BCUT2D eigenvalue weighted by atomic mass is 32.2. The Bertz CT molecular complexity index is 516. The predicted molar refractivity (Wildman–Crippen MR) is 69.3 cm³/mol. The number of hydrogen-bond donors (Lipinski definition) is 1. The number of anilines is 1. The van der Waals surface area contributed by atoms with Gasteiger partial charge in [-0.15, -0.1) is 12.3 Å². The highest BCUT2D eigenvalue weighted by molar-refractivity contribution is 7.89. The van der Waals surface area contributed by atoms with Gasteiger partial charge in [0.25, 0.3) is 0 Å². The number of sulfonamides is 1. The molecule has 0 unspecified atom stereocenters. The average Bonchev–Trinajstić information content (AvgIpc) is 2.29. The molecule has 0 spiro atoms. The summed E-state index contributed by atoms with van der Waals surface area (Å²) in [6.07, 6.45) is 5.70. The second kappa shape index (κ2) is 5.71. The molecule has 1 N–H and O–H groups in total. The minimum Gasteiger partial charge on any atom is -0.383 e. The summed E-state index contributed by atoms with van der Waals surface area (Å²) in [4.78, 5) is 0.266. The van der Waals surface area contributed by atoms with Crippen LogP contribution in [0.4, 0.5) is 5.69 Å². The van der Waals surface area contributed by atoms with Gasteiger partial charge in [0, 0.05) is 27.1 Å². The van der Waals surface area contributed by atoms with E-state index in [1.54, 1.807) is 24.3 Å². The summed E-state index contributed by atoms with van der Waals surface area (Å²) in [5, 5.41) is 3.03. The average molecular weight is 252 g/mol. The minimum atomic E-state index is -3.43. The molecule has 1 aromatic carbocycles. The number of rotatable bonds is 5. The molecule has 0 fully saturated rings. The fraction of sp³-hybridized carbons (Fsp3) is 0.333. The first-order valence-corrected chi connectivity index (χ1v) is 6.63. The normalized spacial score (nSPS) is 11.2. The third-order valence-electron chi connectivity index (χ3n) is 2.23. The fourth-order valence-corrected chi connectivity index (χ4v) is 2.37. The summed E-state index contributed by atoms with van der Waals surface area (Å²) in [6, 6.07) is 6.79. The molecule has 0 aliphatic carbocycles. The van der Waals surface area contributed by atoms with Crippen LogP contribution in [0.3, 0.4) is 0 Å². The van der Waals surface area contributed by atoms with Gasteiger partial charge in [0.1, 0.15) is 4.90 Å². The number of benzene rings is 1. The second-order valence-corrected chi connectivity index (χ2v) is 5.78. The molecular formula is C12H16N2O2S. The van der Waals surface area contributed by atoms with Crippen molar-refractivity contribution in [2.24, 2.45) is 0 Å². The quantitative estimate of drug-likeness (QED) is 0.636. The lowest BCUT2D eigenvalue weighted by molar-refractivity contribution is 0.521. The Morgan fingerprint density at radius 1 is 1.35 bits per heavy atom. The van der Waals surface area contributed by atoms with Crippen LogP contribution in [0.15, 0.2) is 29.2 Å². The van der Waals surface area contributed by atoms with Gasteiger partial charge in [-0.2, -0.15) is 0 Å². The Kier molecular flexibility index (Phi) is 4.55.